The van der Waals surface area contributed by atoms with E-state index in [2.05, 4.69) is 20.3 Å². The molecule has 1 aliphatic rings. The molecule has 0 aromatic carbocycles. The van der Waals surface area contributed by atoms with E-state index in [0.29, 0.717) is 24.5 Å². The Labute approximate surface area is 90.8 Å². The first-order valence-electron chi connectivity index (χ1n) is 4.80. The number of aliphatic imine (C=N–C) groups is 1. The standard InChI is InChI=1S/C9H11N5O2/c1-4(15)5-2-3-11-7-6(12-5)8(16)14-9(10)13-7/h2-3H2,1H3,(H4,10,11,13,14,16). The number of nitrogens with two attached hydrogens (primary N) is 1. The van der Waals surface area contributed by atoms with Crippen LogP contribution in [0.5, 0.6) is 0 Å². The highest BCUT2D eigenvalue weighted by Crippen LogP contribution is 2.21. The first-order valence-corrected chi connectivity index (χ1v) is 4.80. The second-order valence-corrected chi connectivity index (χ2v) is 3.44. The molecule has 1 aromatic heterocycles. The number of nitrogens with zero attached hydrogens (tertiary/aromatic N) is 2. The minimum Gasteiger partial charge on any atom is -0.369 e. The van der Waals surface area contributed by atoms with Gasteiger partial charge in [0.05, 0.1) is 5.71 Å². The molecule has 0 saturated heterocycles. The molecule has 0 aliphatic carbocycles. The molecule has 1 aliphatic heterocycles. The van der Waals surface area contributed by atoms with Crippen LogP contribution in [0.15, 0.2) is 9.79 Å². The number of aromatic amines is 1. The van der Waals surface area contributed by atoms with Gasteiger partial charge >= 0.3 is 0 Å². The number of anilines is 2. The van der Waals surface area contributed by atoms with E-state index in [4.69, 9.17) is 5.73 Å². The summed E-state index contributed by atoms with van der Waals surface area (Å²) in [7, 11) is 0. The van der Waals surface area contributed by atoms with Gasteiger partial charge in [0.15, 0.2) is 17.3 Å². The number of H-pyrrole nitrogens is 1. The smallest absolute Gasteiger partial charge is 0.280 e. The number of hydrogen-bond donors (Lipinski definition) is 3. The van der Waals surface area contributed by atoms with Gasteiger partial charge in [0.25, 0.3) is 5.56 Å². The zero-order valence-corrected chi connectivity index (χ0v) is 8.70. The Morgan fingerprint density at radius 3 is 2.94 bits per heavy atom. The minimum absolute atomic E-state index is 0.0257. The van der Waals surface area contributed by atoms with Crippen molar-refractivity contribution in [1.82, 2.24) is 9.97 Å². The number of Topliss-reactive ketones (excluding diaryl/α,β-unsaturated/α-hetero) is 1. The van der Waals surface area contributed by atoms with Crippen LogP contribution in [-0.2, 0) is 4.79 Å². The van der Waals surface area contributed by atoms with Gasteiger partial charge in [0, 0.05) is 19.9 Å². The van der Waals surface area contributed by atoms with E-state index in [1.807, 2.05) is 0 Å². The van der Waals surface area contributed by atoms with Crippen LogP contribution in [0.2, 0.25) is 0 Å². The Hall–Kier alpha value is -2.18. The second kappa shape index (κ2) is 3.76. The van der Waals surface area contributed by atoms with Crippen molar-refractivity contribution in [3.05, 3.63) is 10.4 Å². The molecular formula is C9H11N5O2. The van der Waals surface area contributed by atoms with Gasteiger partial charge in [-0.15, -0.1) is 0 Å². The van der Waals surface area contributed by atoms with E-state index in [0.717, 1.165) is 0 Å². The molecular weight excluding hydrogens is 210 g/mol. The molecule has 16 heavy (non-hydrogen) atoms. The molecule has 84 valence electrons. The zero-order chi connectivity index (χ0) is 11.7. The van der Waals surface area contributed by atoms with Crippen molar-refractivity contribution in [2.24, 2.45) is 4.99 Å². The highest BCUT2D eigenvalue weighted by molar-refractivity contribution is 6.39. The number of aromatic nitrogens is 2. The van der Waals surface area contributed by atoms with Gasteiger partial charge in [-0.2, -0.15) is 4.98 Å². The molecule has 0 fully saturated rings. The summed E-state index contributed by atoms with van der Waals surface area (Å²) in [5, 5.41) is 2.91. The summed E-state index contributed by atoms with van der Waals surface area (Å²) in [6.45, 7) is 1.92. The summed E-state index contributed by atoms with van der Waals surface area (Å²) in [6, 6.07) is 0. The normalized spacial score (nSPS) is 14.4. The quantitative estimate of drug-likeness (QED) is 0.609. The number of ketones is 1. The Kier molecular flexibility index (Phi) is 2.43. The summed E-state index contributed by atoms with van der Waals surface area (Å²) < 4.78 is 0. The van der Waals surface area contributed by atoms with E-state index in [1.54, 1.807) is 0 Å². The van der Waals surface area contributed by atoms with Crippen molar-refractivity contribution in [3.63, 3.8) is 0 Å². The van der Waals surface area contributed by atoms with Crippen LogP contribution in [0.4, 0.5) is 17.5 Å². The van der Waals surface area contributed by atoms with E-state index in [9.17, 15) is 9.59 Å². The van der Waals surface area contributed by atoms with Crippen molar-refractivity contribution in [2.45, 2.75) is 13.3 Å². The SMILES string of the molecule is CC(=O)C1=Nc2c(nc(N)[nH]c2=O)NCC1. The third kappa shape index (κ3) is 1.79. The molecule has 0 spiro atoms. The summed E-state index contributed by atoms with van der Waals surface area (Å²) in [4.78, 5) is 33.1. The van der Waals surface area contributed by atoms with Crippen LogP contribution in [0.1, 0.15) is 13.3 Å². The molecule has 0 unspecified atom stereocenters. The first-order chi connectivity index (χ1) is 7.58. The van der Waals surface area contributed by atoms with Crippen LogP contribution in [0.3, 0.4) is 0 Å². The molecule has 0 amide bonds. The van der Waals surface area contributed by atoms with Crippen molar-refractivity contribution in [2.75, 3.05) is 17.6 Å². The molecule has 7 nitrogen and oxygen atoms in total. The molecule has 1 aromatic rings. The Morgan fingerprint density at radius 2 is 2.25 bits per heavy atom. The average molecular weight is 221 g/mol. The van der Waals surface area contributed by atoms with Gasteiger partial charge in [-0.1, -0.05) is 0 Å². The highest BCUT2D eigenvalue weighted by Gasteiger charge is 2.16. The first kappa shape index (κ1) is 10.3. The van der Waals surface area contributed by atoms with Gasteiger partial charge in [-0.3, -0.25) is 14.6 Å². The van der Waals surface area contributed by atoms with Crippen molar-refractivity contribution in [1.29, 1.82) is 0 Å². The summed E-state index contributed by atoms with van der Waals surface area (Å²) in [5.41, 5.74) is 5.43. The van der Waals surface area contributed by atoms with Crippen LogP contribution in [0.25, 0.3) is 0 Å². The average Bonchev–Trinajstić information content (AvgIpc) is 2.39. The van der Waals surface area contributed by atoms with E-state index >= 15 is 0 Å². The van der Waals surface area contributed by atoms with Crippen LogP contribution < -0.4 is 16.6 Å². The fourth-order valence-corrected chi connectivity index (χ4v) is 1.46. The largest absolute Gasteiger partial charge is 0.369 e. The lowest BCUT2D eigenvalue weighted by Crippen LogP contribution is -2.13. The number of carbonyl (C=O) groups excluding carboxylic acids is 1. The summed E-state index contributed by atoms with van der Waals surface area (Å²) >= 11 is 0. The fraction of sp³-hybridized carbons (Fsp3) is 0.333. The molecule has 7 heteroatoms. The second-order valence-electron chi connectivity index (χ2n) is 3.44. The number of hydrogen-bond acceptors (Lipinski definition) is 6. The lowest BCUT2D eigenvalue weighted by molar-refractivity contribution is -0.111. The van der Waals surface area contributed by atoms with E-state index in [1.165, 1.54) is 6.92 Å². The van der Waals surface area contributed by atoms with E-state index < -0.39 is 5.56 Å². The lowest BCUT2D eigenvalue weighted by Gasteiger charge is -2.03. The molecule has 0 saturated carbocycles. The molecule has 0 bridgehead atoms. The van der Waals surface area contributed by atoms with E-state index in [-0.39, 0.29) is 17.4 Å². The monoisotopic (exact) mass is 221 g/mol. The molecule has 4 N–H and O–H groups in total. The van der Waals surface area contributed by atoms with Gasteiger partial charge in [0.2, 0.25) is 5.95 Å². The Bertz CT molecular complexity index is 531. The number of nitrogens with one attached hydrogen (secondary N) is 2. The van der Waals surface area contributed by atoms with Gasteiger partial charge in [-0.25, -0.2) is 4.99 Å². The third-order valence-electron chi connectivity index (χ3n) is 2.22. The number of carbonyl (C=O) groups is 1. The van der Waals surface area contributed by atoms with Gasteiger partial charge in [-0.05, 0) is 0 Å². The van der Waals surface area contributed by atoms with Crippen molar-refractivity contribution < 1.29 is 4.79 Å². The lowest BCUT2D eigenvalue weighted by atomic mass is 10.2. The number of nitrogen functional groups attached to an aromatic ring is 1. The maximum atomic E-state index is 11.6. The number of fused-ring (bicyclic) bond motifs is 1. The van der Waals surface area contributed by atoms with Crippen molar-refractivity contribution >= 4 is 28.9 Å². The Balaban J connectivity index is 2.61. The zero-order valence-electron chi connectivity index (χ0n) is 8.70. The molecule has 0 radical (unpaired) electrons. The van der Waals surface area contributed by atoms with Crippen LogP contribution in [-0.4, -0.2) is 28.0 Å². The van der Waals surface area contributed by atoms with Gasteiger partial charge in [0.1, 0.15) is 0 Å². The topological polar surface area (TPSA) is 113 Å². The number of rotatable bonds is 1. The predicted octanol–water partition coefficient (Wildman–Crippen LogP) is -0.171. The highest BCUT2D eigenvalue weighted by atomic mass is 16.1. The molecule has 0 atom stereocenters. The maximum absolute atomic E-state index is 11.6. The van der Waals surface area contributed by atoms with Crippen LogP contribution in [0, 0.1) is 0 Å². The van der Waals surface area contributed by atoms with Gasteiger partial charge < -0.3 is 11.1 Å². The molecule has 2 heterocycles. The van der Waals surface area contributed by atoms with Crippen molar-refractivity contribution in [3.8, 4) is 0 Å². The van der Waals surface area contributed by atoms with Crippen LogP contribution >= 0.6 is 0 Å². The molecule has 2 rings (SSSR count). The minimum atomic E-state index is -0.448. The summed E-state index contributed by atoms with van der Waals surface area (Å²) in [6.07, 6.45) is 0.463. The maximum Gasteiger partial charge on any atom is 0.280 e. The fourth-order valence-electron chi connectivity index (χ4n) is 1.46. The third-order valence-corrected chi connectivity index (χ3v) is 2.22. The Morgan fingerprint density at radius 1 is 1.50 bits per heavy atom. The predicted molar refractivity (Wildman–Crippen MR) is 60.2 cm³/mol. The summed E-state index contributed by atoms with van der Waals surface area (Å²) in [5.74, 6) is 0.195.